The van der Waals surface area contributed by atoms with Crippen molar-refractivity contribution in [2.75, 3.05) is 13.1 Å². The van der Waals surface area contributed by atoms with Crippen LogP contribution in [0.4, 0.5) is 0 Å². The Morgan fingerprint density at radius 3 is 2.64 bits per heavy atom. The van der Waals surface area contributed by atoms with Gasteiger partial charge in [0.25, 0.3) is 0 Å². The topological polar surface area (TPSA) is 77.8 Å². The zero-order valence-corrected chi connectivity index (χ0v) is 13.2. The number of rotatable bonds is 4. The van der Waals surface area contributed by atoms with E-state index in [0.717, 1.165) is 30.6 Å². The van der Waals surface area contributed by atoms with E-state index in [1.165, 1.54) is 0 Å². The Labute approximate surface area is 133 Å². The van der Waals surface area contributed by atoms with Gasteiger partial charge in [0.2, 0.25) is 5.91 Å². The summed E-state index contributed by atoms with van der Waals surface area (Å²) in [5.74, 6) is -1.21. The van der Waals surface area contributed by atoms with Gasteiger partial charge >= 0.3 is 5.97 Å². The summed E-state index contributed by atoms with van der Waals surface area (Å²) in [6, 6.07) is 3.99. The molecule has 3 rings (SSSR count). The summed E-state index contributed by atoms with van der Waals surface area (Å²) < 4.78 is 0. The molecule has 1 aromatic heterocycles. The molecule has 0 bridgehead atoms. The smallest absolute Gasteiger partial charge is 0.303 e. The minimum Gasteiger partial charge on any atom is -0.481 e. The van der Waals surface area contributed by atoms with Gasteiger partial charge in [-0.15, -0.1) is 11.3 Å². The lowest BCUT2D eigenvalue weighted by molar-refractivity contribution is -0.139. The average molecular weight is 323 g/mol. The summed E-state index contributed by atoms with van der Waals surface area (Å²) in [6.45, 7) is 0.601. The molecule has 6 heteroatoms. The molecule has 0 aromatic carbocycles. The summed E-state index contributed by atoms with van der Waals surface area (Å²) >= 11 is 1.61. The number of carbonyl (C=O) groups excluding carboxylic acids is 1. The molecule has 0 unspecified atom stereocenters. The standard InChI is InChI=1S/C16H21NO4S/c18-12-10-17(9-11(12)8-14(19)20)15(21)16(5-1-2-6-16)13-4-3-7-22-13/h3-4,7,11-12,18H,1-2,5-6,8-10H2,(H,19,20)/t11-,12-/m1/s1. The Morgan fingerprint density at radius 1 is 1.32 bits per heavy atom. The lowest BCUT2D eigenvalue weighted by Gasteiger charge is -2.31. The maximum atomic E-state index is 13.1. The first kappa shape index (κ1) is 15.5. The Kier molecular flexibility index (Phi) is 4.23. The summed E-state index contributed by atoms with van der Waals surface area (Å²) in [5.41, 5.74) is -0.452. The van der Waals surface area contributed by atoms with Crippen LogP contribution in [0.5, 0.6) is 0 Å². The summed E-state index contributed by atoms with van der Waals surface area (Å²) in [7, 11) is 0. The van der Waals surface area contributed by atoms with Gasteiger partial charge in [-0.05, 0) is 24.3 Å². The van der Waals surface area contributed by atoms with Gasteiger partial charge in [0.1, 0.15) is 0 Å². The number of aliphatic hydroxyl groups is 1. The molecule has 1 aliphatic carbocycles. The first-order chi connectivity index (χ1) is 10.5. The largest absolute Gasteiger partial charge is 0.481 e. The second kappa shape index (κ2) is 6.01. The number of aliphatic hydroxyl groups excluding tert-OH is 1. The number of carboxylic acid groups (broad SMARTS) is 1. The van der Waals surface area contributed by atoms with E-state index in [1.54, 1.807) is 16.2 Å². The zero-order valence-electron chi connectivity index (χ0n) is 12.4. The van der Waals surface area contributed by atoms with Crippen molar-refractivity contribution in [3.8, 4) is 0 Å². The fourth-order valence-electron chi connectivity index (χ4n) is 3.84. The van der Waals surface area contributed by atoms with E-state index in [0.29, 0.717) is 6.54 Å². The van der Waals surface area contributed by atoms with Crippen LogP contribution in [0.2, 0.25) is 0 Å². The number of β-amino-alcohol motifs (C(OH)–C–C–N with tert-alkyl or cyclic N) is 1. The predicted molar refractivity (Wildman–Crippen MR) is 82.8 cm³/mol. The van der Waals surface area contributed by atoms with E-state index >= 15 is 0 Å². The fraction of sp³-hybridized carbons (Fsp3) is 0.625. The highest BCUT2D eigenvalue weighted by Gasteiger charge is 2.48. The van der Waals surface area contributed by atoms with E-state index in [-0.39, 0.29) is 24.8 Å². The maximum Gasteiger partial charge on any atom is 0.303 e. The monoisotopic (exact) mass is 323 g/mol. The van der Waals surface area contributed by atoms with Crippen molar-refractivity contribution in [2.45, 2.75) is 43.6 Å². The van der Waals surface area contributed by atoms with E-state index in [4.69, 9.17) is 5.11 Å². The molecule has 22 heavy (non-hydrogen) atoms. The van der Waals surface area contributed by atoms with Crippen LogP contribution in [0.1, 0.15) is 37.0 Å². The third-order valence-electron chi connectivity index (χ3n) is 4.99. The molecule has 1 saturated carbocycles. The van der Waals surface area contributed by atoms with Gasteiger partial charge in [-0.3, -0.25) is 9.59 Å². The summed E-state index contributed by atoms with van der Waals surface area (Å²) in [4.78, 5) is 26.8. The minimum absolute atomic E-state index is 0.0689. The number of amides is 1. The maximum absolute atomic E-state index is 13.1. The predicted octanol–water partition coefficient (Wildman–Crippen LogP) is 1.85. The lowest BCUT2D eigenvalue weighted by atomic mass is 9.83. The van der Waals surface area contributed by atoms with Crippen LogP contribution in [0, 0.1) is 5.92 Å². The number of hydrogen-bond acceptors (Lipinski definition) is 4. The quantitative estimate of drug-likeness (QED) is 0.886. The Morgan fingerprint density at radius 2 is 2.05 bits per heavy atom. The number of likely N-dealkylation sites (tertiary alicyclic amines) is 1. The fourth-order valence-corrected chi connectivity index (χ4v) is 4.82. The van der Waals surface area contributed by atoms with Crippen molar-refractivity contribution in [1.82, 2.24) is 4.90 Å². The number of hydrogen-bond donors (Lipinski definition) is 2. The van der Waals surface area contributed by atoms with Crippen LogP contribution in [0.3, 0.4) is 0 Å². The van der Waals surface area contributed by atoms with Crippen molar-refractivity contribution < 1.29 is 19.8 Å². The molecule has 0 spiro atoms. The summed E-state index contributed by atoms with van der Waals surface area (Å²) in [6.07, 6.45) is 2.96. The second-order valence-corrected chi connectivity index (χ2v) is 7.35. The van der Waals surface area contributed by atoms with Crippen molar-refractivity contribution in [3.63, 3.8) is 0 Å². The van der Waals surface area contributed by atoms with E-state index in [1.807, 2.05) is 17.5 Å². The Balaban J connectivity index is 1.79. The molecule has 1 aromatic rings. The molecule has 2 heterocycles. The average Bonchev–Trinajstić information content (AvgIpc) is 3.18. The van der Waals surface area contributed by atoms with Gasteiger partial charge in [0, 0.05) is 23.9 Å². The molecule has 2 N–H and O–H groups in total. The molecule has 0 radical (unpaired) electrons. The highest BCUT2D eigenvalue weighted by Crippen LogP contribution is 2.45. The molecule has 2 aliphatic rings. The van der Waals surface area contributed by atoms with Gasteiger partial charge in [-0.2, -0.15) is 0 Å². The van der Waals surface area contributed by atoms with Gasteiger partial charge in [-0.1, -0.05) is 18.9 Å². The SMILES string of the molecule is O=C(O)C[C@@H]1CN(C(=O)C2(c3cccs3)CCCC2)C[C@H]1O. The van der Waals surface area contributed by atoms with Gasteiger partial charge in [0.15, 0.2) is 0 Å². The van der Waals surface area contributed by atoms with Crippen LogP contribution < -0.4 is 0 Å². The highest BCUT2D eigenvalue weighted by molar-refractivity contribution is 7.10. The van der Waals surface area contributed by atoms with Crippen LogP contribution in [0.25, 0.3) is 0 Å². The number of carboxylic acids is 1. The van der Waals surface area contributed by atoms with Crippen LogP contribution in [-0.4, -0.2) is 46.2 Å². The van der Waals surface area contributed by atoms with Gasteiger partial charge in [0.05, 0.1) is 17.9 Å². The van der Waals surface area contributed by atoms with Crippen LogP contribution >= 0.6 is 11.3 Å². The Hall–Kier alpha value is -1.40. The Bertz CT molecular complexity index is 551. The van der Waals surface area contributed by atoms with E-state index in [2.05, 4.69) is 0 Å². The third-order valence-corrected chi connectivity index (χ3v) is 6.06. The zero-order chi connectivity index (χ0) is 15.7. The first-order valence-electron chi connectivity index (χ1n) is 7.76. The van der Waals surface area contributed by atoms with E-state index < -0.39 is 17.5 Å². The molecule has 1 saturated heterocycles. The molecule has 2 fully saturated rings. The molecule has 2 atom stereocenters. The number of carbonyl (C=O) groups is 2. The summed E-state index contributed by atoms with van der Waals surface area (Å²) in [5, 5.41) is 21.0. The van der Waals surface area contributed by atoms with Crippen molar-refractivity contribution >= 4 is 23.2 Å². The van der Waals surface area contributed by atoms with Crippen molar-refractivity contribution in [3.05, 3.63) is 22.4 Å². The first-order valence-corrected chi connectivity index (χ1v) is 8.64. The second-order valence-electron chi connectivity index (χ2n) is 6.40. The molecule has 1 aliphatic heterocycles. The van der Waals surface area contributed by atoms with Gasteiger partial charge in [-0.25, -0.2) is 0 Å². The van der Waals surface area contributed by atoms with Crippen molar-refractivity contribution in [2.24, 2.45) is 5.92 Å². The molecule has 120 valence electrons. The van der Waals surface area contributed by atoms with E-state index in [9.17, 15) is 14.7 Å². The molecule has 1 amide bonds. The number of aliphatic carboxylic acids is 1. The van der Waals surface area contributed by atoms with Crippen molar-refractivity contribution in [1.29, 1.82) is 0 Å². The van der Waals surface area contributed by atoms with Crippen LogP contribution in [0.15, 0.2) is 17.5 Å². The normalized spacial score (nSPS) is 27.2. The highest BCUT2D eigenvalue weighted by atomic mass is 32.1. The van der Waals surface area contributed by atoms with Crippen LogP contribution in [-0.2, 0) is 15.0 Å². The minimum atomic E-state index is -0.924. The lowest BCUT2D eigenvalue weighted by Crippen LogP contribution is -2.44. The molecule has 5 nitrogen and oxygen atoms in total. The number of thiophene rings is 1. The van der Waals surface area contributed by atoms with Gasteiger partial charge < -0.3 is 15.1 Å². The molecular weight excluding hydrogens is 302 g/mol. The third kappa shape index (κ3) is 2.65. The number of nitrogens with zero attached hydrogens (tertiary/aromatic N) is 1. The molecular formula is C16H21NO4S.